The summed E-state index contributed by atoms with van der Waals surface area (Å²) in [5.41, 5.74) is 5.95. The molecule has 4 nitrogen and oxygen atoms in total. The molecule has 1 aromatic heterocycles. The van der Waals surface area contributed by atoms with Gasteiger partial charge < -0.3 is 10.3 Å². The standard InChI is InChI=1S/C14H16FN3O/c1-14(16,8-10-4-2-3-5-11(10)15)13-17-12(19-18-13)9-6-7-9/h2-5,9H,6-8,16H2,1H3. The average molecular weight is 261 g/mol. The highest BCUT2D eigenvalue weighted by Crippen LogP contribution is 2.39. The number of hydrogen-bond donors (Lipinski definition) is 1. The maximum atomic E-state index is 13.7. The number of nitrogens with zero attached hydrogens (tertiary/aromatic N) is 2. The molecule has 2 aromatic rings. The van der Waals surface area contributed by atoms with E-state index in [1.54, 1.807) is 25.1 Å². The van der Waals surface area contributed by atoms with Crippen LogP contribution >= 0.6 is 0 Å². The third kappa shape index (κ3) is 2.51. The second-order valence-corrected chi connectivity index (χ2v) is 5.42. The van der Waals surface area contributed by atoms with Crippen LogP contribution in [0.15, 0.2) is 28.8 Å². The summed E-state index contributed by atoms with van der Waals surface area (Å²) in [5.74, 6) is 1.23. The molecule has 1 aromatic carbocycles. The average Bonchev–Trinajstić information content (AvgIpc) is 3.09. The van der Waals surface area contributed by atoms with Gasteiger partial charge >= 0.3 is 0 Å². The topological polar surface area (TPSA) is 64.9 Å². The van der Waals surface area contributed by atoms with Crippen LogP contribution in [0.1, 0.15) is 43.0 Å². The fraction of sp³-hybridized carbons (Fsp3) is 0.429. The van der Waals surface area contributed by atoms with Gasteiger partial charge in [-0.15, -0.1) is 0 Å². The van der Waals surface area contributed by atoms with E-state index >= 15 is 0 Å². The zero-order chi connectivity index (χ0) is 13.5. The van der Waals surface area contributed by atoms with Gasteiger partial charge in [0.15, 0.2) is 5.82 Å². The Morgan fingerprint density at radius 3 is 2.84 bits per heavy atom. The van der Waals surface area contributed by atoms with Crippen LogP contribution in [-0.2, 0) is 12.0 Å². The van der Waals surface area contributed by atoms with Gasteiger partial charge in [-0.2, -0.15) is 4.98 Å². The van der Waals surface area contributed by atoms with E-state index in [-0.39, 0.29) is 5.82 Å². The quantitative estimate of drug-likeness (QED) is 0.918. The van der Waals surface area contributed by atoms with Crippen LogP contribution in [0.4, 0.5) is 4.39 Å². The van der Waals surface area contributed by atoms with Crippen molar-refractivity contribution in [2.75, 3.05) is 0 Å². The minimum absolute atomic E-state index is 0.259. The molecule has 3 rings (SSSR count). The lowest BCUT2D eigenvalue weighted by Crippen LogP contribution is -2.37. The van der Waals surface area contributed by atoms with E-state index in [0.29, 0.717) is 29.6 Å². The lowest BCUT2D eigenvalue weighted by atomic mass is 9.93. The summed E-state index contributed by atoms with van der Waals surface area (Å²) in [6, 6.07) is 6.60. The van der Waals surface area contributed by atoms with E-state index in [9.17, 15) is 4.39 Å². The summed E-state index contributed by atoms with van der Waals surface area (Å²) in [6.45, 7) is 1.79. The fourth-order valence-corrected chi connectivity index (χ4v) is 2.08. The molecule has 2 N–H and O–H groups in total. The maximum absolute atomic E-state index is 13.7. The van der Waals surface area contributed by atoms with E-state index in [1.165, 1.54) is 6.07 Å². The van der Waals surface area contributed by atoms with Gasteiger partial charge in [-0.3, -0.25) is 0 Å². The highest BCUT2D eigenvalue weighted by Gasteiger charge is 2.34. The van der Waals surface area contributed by atoms with E-state index in [2.05, 4.69) is 10.1 Å². The number of benzene rings is 1. The van der Waals surface area contributed by atoms with Gasteiger partial charge in [0, 0.05) is 12.3 Å². The van der Waals surface area contributed by atoms with Crippen molar-refractivity contribution in [3.05, 3.63) is 47.4 Å². The number of aromatic nitrogens is 2. The van der Waals surface area contributed by atoms with Crippen molar-refractivity contribution in [2.45, 2.75) is 37.6 Å². The summed E-state index contributed by atoms with van der Waals surface area (Å²) >= 11 is 0. The molecular weight excluding hydrogens is 245 g/mol. The molecule has 1 fully saturated rings. The van der Waals surface area contributed by atoms with Crippen molar-refractivity contribution in [3.8, 4) is 0 Å². The third-order valence-electron chi connectivity index (χ3n) is 3.39. The molecule has 1 unspecified atom stereocenters. The Labute approximate surface area is 110 Å². The van der Waals surface area contributed by atoms with Gasteiger partial charge in [0.05, 0.1) is 5.54 Å². The minimum atomic E-state index is -0.834. The van der Waals surface area contributed by atoms with Gasteiger partial charge in [-0.05, 0) is 31.4 Å². The molecule has 1 saturated carbocycles. The van der Waals surface area contributed by atoms with Crippen LogP contribution in [0.5, 0.6) is 0 Å². The Kier molecular flexibility index (Phi) is 2.86. The molecule has 0 saturated heterocycles. The smallest absolute Gasteiger partial charge is 0.229 e. The monoisotopic (exact) mass is 261 g/mol. The normalized spacial score (nSPS) is 18.3. The predicted molar refractivity (Wildman–Crippen MR) is 67.9 cm³/mol. The van der Waals surface area contributed by atoms with Crippen molar-refractivity contribution >= 4 is 0 Å². The number of rotatable bonds is 4. The Hall–Kier alpha value is -1.75. The summed E-state index contributed by atoms with van der Waals surface area (Å²) in [4.78, 5) is 4.34. The van der Waals surface area contributed by atoms with Gasteiger partial charge in [-0.25, -0.2) is 4.39 Å². The van der Waals surface area contributed by atoms with Crippen molar-refractivity contribution < 1.29 is 8.91 Å². The maximum Gasteiger partial charge on any atom is 0.229 e. The molecule has 0 amide bonds. The van der Waals surface area contributed by atoms with Crippen molar-refractivity contribution in [1.82, 2.24) is 10.1 Å². The van der Waals surface area contributed by atoms with E-state index in [0.717, 1.165) is 12.8 Å². The van der Waals surface area contributed by atoms with Crippen LogP contribution in [0.2, 0.25) is 0 Å². The number of halogens is 1. The van der Waals surface area contributed by atoms with Gasteiger partial charge in [0.25, 0.3) is 0 Å². The van der Waals surface area contributed by atoms with Gasteiger partial charge in [-0.1, -0.05) is 23.4 Å². The fourth-order valence-electron chi connectivity index (χ4n) is 2.08. The number of nitrogens with two attached hydrogens (primary N) is 1. The van der Waals surface area contributed by atoms with Gasteiger partial charge in [0.1, 0.15) is 5.82 Å². The summed E-state index contributed by atoms with van der Waals surface area (Å²) in [7, 11) is 0. The second kappa shape index (κ2) is 4.42. The summed E-state index contributed by atoms with van der Waals surface area (Å²) in [6.07, 6.45) is 2.52. The molecule has 5 heteroatoms. The third-order valence-corrected chi connectivity index (χ3v) is 3.39. The lowest BCUT2D eigenvalue weighted by molar-refractivity contribution is 0.353. The Morgan fingerprint density at radius 2 is 2.16 bits per heavy atom. The first-order chi connectivity index (χ1) is 9.06. The molecular formula is C14H16FN3O. The van der Waals surface area contributed by atoms with E-state index < -0.39 is 5.54 Å². The zero-order valence-electron chi connectivity index (χ0n) is 10.8. The predicted octanol–water partition coefficient (Wildman–Crippen LogP) is 2.50. The highest BCUT2D eigenvalue weighted by atomic mass is 19.1. The molecule has 0 bridgehead atoms. The molecule has 0 spiro atoms. The molecule has 0 radical (unpaired) electrons. The molecule has 1 heterocycles. The van der Waals surface area contributed by atoms with Crippen LogP contribution in [-0.4, -0.2) is 10.1 Å². The Morgan fingerprint density at radius 1 is 1.42 bits per heavy atom. The lowest BCUT2D eigenvalue weighted by Gasteiger charge is -2.20. The Balaban J connectivity index is 1.82. The first-order valence-electron chi connectivity index (χ1n) is 6.42. The molecule has 1 atom stereocenters. The van der Waals surface area contributed by atoms with Crippen LogP contribution in [0.25, 0.3) is 0 Å². The molecule has 1 aliphatic carbocycles. The van der Waals surface area contributed by atoms with Crippen LogP contribution in [0, 0.1) is 5.82 Å². The Bertz CT molecular complexity index is 590. The summed E-state index contributed by atoms with van der Waals surface area (Å²) < 4.78 is 18.9. The zero-order valence-corrected chi connectivity index (χ0v) is 10.8. The van der Waals surface area contributed by atoms with Gasteiger partial charge in [0.2, 0.25) is 5.89 Å². The SMILES string of the molecule is CC(N)(Cc1ccccc1F)c1noc(C2CC2)n1. The van der Waals surface area contributed by atoms with Crippen molar-refractivity contribution in [2.24, 2.45) is 5.73 Å². The molecule has 1 aliphatic rings. The number of hydrogen-bond acceptors (Lipinski definition) is 4. The largest absolute Gasteiger partial charge is 0.339 e. The van der Waals surface area contributed by atoms with E-state index in [4.69, 9.17) is 10.3 Å². The summed E-state index contributed by atoms with van der Waals surface area (Å²) in [5, 5.41) is 3.94. The first kappa shape index (κ1) is 12.3. The second-order valence-electron chi connectivity index (χ2n) is 5.42. The molecule has 0 aliphatic heterocycles. The highest BCUT2D eigenvalue weighted by molar-refractivity contribution is 5.21. The molecule has 100 valence electrons. The van der Waals surface area contributed by atoms with Crippen molar-refractivity contribution in [3.63, 3.8) is 0 Å². The van der Waals surface area contributed by atoms with E-state index in [1.807, 2.05) is 0 Å². The van der Waals surface area contributed by atoms with Crippen molar-refractivity contribution in [1.29, 1.82) is 0 Å². The first-order valence-corrected chi connectivity index (χ1v) is 6.42. The van der Waals surface area contributed by atoms with Crippen LogP contribution < -0.4 is 5.73 Å². The minimum Gasteiger partial charge on any atom is -0.339 e. The van der Waals surface area contributed by atoms with Crippen LogP contribution in [0.3, 0.4) is 0 Å². The molecule has 19 heavy (non-hydrogen) atoms.